The first-order chi connectivity index (χ1) is 9.69. The standard InChI is InChI=1S/C17H22N2O/c1-14-4-2-5-16(12-14)19(11-3-10-18)13-15-6-8-17(20)9-7-15/h2,4-9,12,20H,3,10-11,13,18H2,1H3. The van der Waals surface area contributed by atoms with Crippen LogP contribution < -0.4 is 10.6 Å². The largest absolute Gasteiger partial charge is 0.508 e. The second-order valence-corrected chi connectivity index (χ2v) is 5.07. The molecule has 0 heterocycles. The quantitative estimate of drug-likeness (QED) is 0.848. The Hall–Kier alpha value is -2.00. The minimum atomic E-state index is 0.304. The number of aryl methyl sites for hydroxylation is 1. The van der Waals surface area contributed by atoms with Crippen LogP contribution in [0.1, 0.15) is 17.5 Å². The topological polar surface area (TPSA) is 49.5 Å². The van der Waals surface area contributed by atoms with Crippen molar-refractivity contribution >= 4 is 5.69 Å². The summed E-state index contributed by atoms with van der Waals surface area (Å²) in [5.74, 6) is 0.304. The number of hydrogen-bond donors (Lipinski definition) is 2. The number of aromatic hydroxyl groups is 1. The molecule has 0 atom stereocenters. The maximum Gasteiger partial charge on any atom is 0.115 e. The summed E-state index contributed by atoms with van der Waals surface area (Å²) in [6.45, 7) is 4.55. The van der Waals surface area contributed by atoms with Gasteiger partial charge in [0.15, 0.2) is 0 Å². The molecule has 0 saturated carbocycles. The molecule has 2 rings (SSSR count). The van der Waals surface area contributed by atoms with Crippen LogP contribution >= 0.6 is 0 Å². The lowest BCUT2D eigenvalue weighted by Gasteiger charge is -2.25. The lowest BCUT2D eigenvalue weighted by Crippen LogP contribution is -2.25. The van der Waals surface area contributed by atoms with E-state index in [1.807, 2.05) is 12.1 Å². The molecule has 0 aliphatic heterocycles. The van der Waals surface area contributed by atoms with Crippen molar-refractivity contribution in [2.75, 3.05) is 18.0 Å². The zero-order chi connectivity index (χ0) is 14.4. The molecule has 0 bridgehead atoms. The van der Waals surface area contributed by atoms with E-state index in [9.17, 15) is 5.11 Å². The van der Waals surface area contributed by atoms with Crippen molar-refractivity contribution in [3.05, 3.63) is 59.7 Å². The highest BCUT2D eigenvalue weighted by Crippen LogP contribution is 2.20. The predicted molar refractivity (Wildman–Crippen MR) is 84.0 cm³/mol. The monoisotopic (exact) mass is 270 g/mol. The zero-order valence-electron chi connectivity index (χ0n) is 11.9. The molecule has 20 heavy (non-hydrogen) atoms. The van der Waals surface area contributed by atoms with Gasteiger partial charge in [-0.15, -0.1) is 0 Å². The lowest BCUT2D eigenvalue weighted by molar-refractivity contribution is 0.475. The van der Waals surface area contributed by atoms with Crippen molar-refractivity contribution in [3.8, 4) is 5.75 Å². The van der Waals surface area contributed by atoms with Crippen molar-refractivity contribution in [2.24, 2.45) is 5.73 Å². The highest BCUT2D eigenvalue weighted by molar-refractivity contribution is 5.49. The number of anilines is 1. The number of nitrogens with two attached hydrogens (primary N) is 1. The van der Waals surface area contributed by atoms with E-state index in [-0.39, 0.29) is 0 Å². The predicted octanol–water partition coefficient (Wildman–Crippen LogP) is 3.06. The van der Waals surface area contributed by atoms with Crippen molar-refractivity contribution in [1.82, 2.24) is 0 Å². The van der Waals surface area contributed by atoms with Gasteiger partial charge >= 0.3 is 0 Å². The van der Waals surface area contributed by atoms with Gasteiger partial charge in [0.05, 0.1) is 0 Å². The first-order valence-corrected chi connectivity index (χ1v) is 6.98. The fourth-order valence-corrected chi connectivity index (χ4v) is 2.23. The normalized spacial score (nSPS) is 10.5. The first-order valence-electron chi connectivity index (χ1n) is 6.98. The van der Waals surface area contributed by atoms with Gasteiger partial charge in [-0.2, -0.15) is 0 Å². The Morgan fingerprint density at radius 2 is 1.85 bits per heavy atom. The van der Waals surface area contributed by atoms with Crippen molar-refractivity contribution in [3.63, 3.8) is 0 Å². The Balaban J connectivity index is 2.16. The maximum absolute atomic E-state index is 9.36. The van der Waals surface area contributed by atoms with Gasteiger partial charge in [0.25, 0.3) is 0 Å². The first kappa shape index (κ1) is 14.4. The van der Waals surface area contributed by atoms with Gasteiger partial charge in [-0.25, -0.2) is 0 Å². The molecule has 2 aromatic carbocycles. The Morgan fingerprint density at radius 3 is 2.50 bits per heavy atom. The highest BCUT2D eigenvalue weighted by atomic mass is 16.3. The summed E-state index contributed by atoms with van der Waals surface area (Å²) < 4.78 is 0. The summed E-state index contributed by atoms with van der Waals surface area (Å²) in [5, 5.41) is 9.36. The second kappa shape index (κ2) is 6.96. The molecular formula is C17H22N2O. The smallest absolute Gasteiger partial charge is 0.115 e. The molecule has 0 aromatic heterocycles. The summed E-state index contributed by atoms with van der Waals surface area (Å²) >= 11 is 0. The molecule has 3 heteroatoms. The molecule has 0 amide bonds. The van der Waals surface area contributed by atoms with Gasteiger partial charge in [-0.3, -0.25) is 0 Å². The number of benzene rings is 2. The summed E-state index contributed by atoms with van der Waals surface area (Å²) in [5.41, 5.74) is 9.29. The molecule has 106 valence electrons. The van der Waals surface area contributed by atoms with Crippen molar-refractivity contribution < 1.29 is 5.11 Å². The average molecular weight is 270 g/mol. The minimum Gasteiger partial charge on any atom is -0.508 e. The van der Waals surface area contributed by atoms with Crippen LogP contribution in [0.5, 0.6) is 5.75 Å². The molecule has 3 nitrogen and oxygen atoms in total. The Labute approximate surface area is 120 Å². The van der Waals surface area contributed by atoms with Crippen LogP contribution in [0.4, 0.5) is 5.69 Å². The number of hydrogen-bond acceptors (Lipinski definition) is 3. The molecule has 0 aliphatic rings. The number of phenols is 1. The molecule has 0 saturated heterocycles. The molecule has 0 radical (unpaired) electrons. The van der Waals surface area contributed by atoms with E-state index >= 15 is 0 Å². The average Bonchev–Trinajstić information content (AvgIpc) is 2.45. The third-order valence-electron chi connectivity index (χ3n) is 3.31. The Kier molecular flexibility index (Phi) is 5.02. The fraction of sp³-hybridized carbons (Fsp3) is 0.294. The second-order valence-electron chi connectivity index (χ2n) is 5.07. The van der Waals surface area contributed by atoms with Crippen LogP contribution in [0.15, 0.2) is 48.5 Å². The fourth-order valence-electron chi connectivity index (χ4n) is 2.23. The van der Waals surface area contributed by atoms with Gasteiger partial charge in [0, 0.05) is 18.8 Å². The number of nitrogens with zero attached hydrogens (tertiary/aromatic N) is 1. The van der Waals surface area contributed by atoms with Crippen LogP contribution in [-0.2, 0) is 6.54 Å². The molecule has 3 N–H and O–H groups in total. The molecule has 0 spiro atoms. The lowest BCUT2D eigenvalue weighted by atomic mass is 10.1. The molecular weight excluding hydrogens is 248 g/mol. The minimum absolute atomic E-state index is 0.304. The van der Waals surface area contributed by atoms with Crippen molar-refractivity contribution in [2.45, 2.75) is 19.9 Å². The van der Waals surface area contributed by atoms with Gasteiger partial charge in [0.2, 0.25) is 0 Å². The van der Waals surface area contributed by atoms with Crippen LogP contribution in [0.3, 0.4) is 0 Å². The number of rotatable bonds is 6. The van der Waals surface area contributed by atoms with Crippen molar-refractivity contribution in [1.29, 1.82) is 0 Å². The zero-order valence-corrected chi connectivity index (χ0v) is 11.9. The van der Waals surface area contributed by atoms with E-state index < -0.39 is 0 Å². The summed E-state index contributed by atoms with van der Waals surface area (Å²) in [6.07, 6.45) is 0.964. The Morgan fingerprint density at radius 1 is 1.10 bits per heavy atom. The van der Waals surface area contributed by atoms with Crippen LogP contribution in [0.2, 0.25) is 0 Å². The molecule has 0 unspecified atom stereocenters. The van der Waals surface area contributed by atoms with Gasteiger partial charge < -0.3 is 15.7 Å². The third kappa shape index (κ3) is 4.00. The van der Waals surface area contributed by atoms with E-state index in [1.165, 1.54) is 16.8 Å². The summed E-state index contributed by atoms with van der Waals surface area (Å²) in [7, 11) is 0. The summed E-state index contributed by atoms with van der Waals surface area (Å²) in [6, 6.07) is 15.9. The Bertz CT molecular complexity index is 537. The van der Waals surface area contributed by atoms with Gasteiger partial charge in [-0.1, -0.05) is 24.3 Å². The van der Waals surface area contributed by atoms with Crippen LogP contribution in [0, 0.1) is 6.92 Å². The van der Waals surface area contributed by atoms with E-state index in [2.05, 4.69) is 36.1 Å². The molecule has 0 fully saturated rings. The van der Waals surface area contributed by atoms with E-state index in [1.54, 1.807) is 12.1 Å². The van der Waals surface area contributed by atoms with E-state index in [0.717, 1.165) is 19.5 Å². The van der Waals surface area contributed by atoms with Gasteiger partial charge in [-0.05, 0) is 55.3 Å². The van der Waals surface area contributed by atoms with E-state index in [0.29, 0.717) is 12.3 Å². The summed E-state index contributed by atoms with van der Waals surface area (Å²) in [4.78, 5) is 2.33. The molecule has 2 aromatic rings. The van der Waals surface area contributed by atoms with Crippen LogP contribution in [0.25, 0.3) is 0 Å². The SMILES string of the molecule is Cc1cccc(N(CCCN)Cc2ccc(O)cc2)c1. The maximum atomic E-state index is 9.36. The van der Waals surface area contributed by atoms with E-state index in [4.69, 9.17) is 5.73 Å². The third-order valence-corrected chi connectivity index (χ3v) is 3.31. The van der Waals surface area contributed by atoms with Gasteiger partial charge in [0.1, 0.15) is 5.75 Å². The highest BCUT2D eigenvalue weighted by Gasteiger charge is 2.07. The molecule has 0 aliphatic carbocycles. The van der Waals surface area contributed by atoms with Crippen LogP contribution in [-0.4, -0.2) is 18.2 Å². The number of phenolic OH excluding ortho intramolecular Hbond substituents is 1.